The molecule has 0 aliphatic carbocycles. The van der Waals surface area contributed by atoms with E-state index in [4.69, 9.17) is 25.1 Å². The third-order valence-corrected chi connectivity index (χ3v) is 2.54. The van der Waals surface area contributed by atoms with Crippen molar-refractivity contribution in [2.45, 2.75) is 24.4 Å². The smallest absolute Gasteiger partial charge is 0.394 e. The summed E-state index contributed by atoms with van der Waals surface area (Å²) in [6.07, 6.45) is -8.43. The van der Waals surface area contributed by atoms with Crippen molar-refractivity contribution in [3.8, 4) is 0 Å². The summed E-state index contributed by atoms with van der Waals surface area (Å²) >= 11 is 0. The monoisotopic (exact) mass is 290 g/mol. The van der Waals surface area contributed by atoms with Gasteiger partial charge >= 0.3 is 7.82 Å². The number of carbonyl (C=O) groups is 1. The summed E-state index contributed by atoms with van der Waals surface area (Å²) < 4.78 is 14.4. The van der Waals surface area contributed by atoms with Crippen LogP contribution in [0.3, 0.4) is 0 Å². The molecule has 18 heavy (non-hydrogen) atoms. The molecule has 4 atom stereocenters. The molecule has 0 unspecified atom stereocenters. The van der Waals surface area contributed by atoms with Gasteiger partial charge in [0.2, 0.25) is 0 Å². The van der Waals surface area contributed by atoms with Gasteiger partial charge < -0.3 is 35.3 Å². The number of hydrogen-bond acceptors (Lipinski definition) is 8. The Kier molecular flexibility index (Phi) is 7.07. The summed E-state index contributed by atoms with van der Waals surface area (Å²) in [6.45, 7) is -2.18. The topological polar surface area (TPSA) is 185 Å². The van der Waals surface area contributed by atoms with Crippen molar-refractivity contribution in [2.75, 3.05) is 13.2 Å². The zero-order valence-electron chi connectivity index (χ0n) is 9.03. The van der Waals surface area contributed by atoms with E-state index in [1.54, 1.807) is 0 Å². The largest absolute Gasteiger partial charge is 0.470 e. The van der Waals surface area contributed by atoms with Gasteiger partial charge in [0.1, 0.15) is 31.0 Å². The van der Waals surface area contributed by atoms with Crippen molar-refractivity contribution in [3.05, 3.63) is 0 Å². The molecule has 0 aromatic carbocycles. The summed E-state index contributed by atoms with van der Waals surface area (Å²) in [5.41, 5.74) is 0. The lowest BCUT2D eigenvalue weighted by Gasteiger charge is -2.27. The number of phosphoric acid groups is 1. The molecule has 0 spiro atoms. The molecule has 0 aromatic heterocycles. The Labute approximate surface area is 101 Å². The Morgan fingerprint density at radius 2 is 1.61 bits per heavy atom. The number of hydrogen-bond donors (Lipinski definition) is 7. The molecule has 0 saturated heterocycles. The van der Waals surface area contributed by atoms with Gasteiger partial charge in [0, 0.05) is 0 Å². The van der Waals surface area contributed by atoms with Crippen LogP contribution in [-0.4, -0.2) is 78.7 Å². The standard InChI is InChI=1S/C7H15O10P/c8-1-3(10)5(11)7(13)6(12)4(2-9)17-18(14,15)16/h4-9,11-13H,1-2H2,(H2,14,15,16)/t4-,5-,6-,7+/m1/s1. The molecule has 0 aromatic rings. The minimum atomic E-state index is -5.04. The van der Waals surface area contributed by atoms with E-state index in [1.165, 1.54) is 0 Å². The van der Waals surface area contributed by atoms with Crippen LogP contribution in [0.2, 0.25) is 0 Å². The first-order chi connectivity index (χ1) is 8.14. The van der Waals surface area contributed by atoms with E-state index in [-0.39, 0.29) is 0 Å². The second-order valence-corrected chi connectivity index (χ2v) is 4.56. The molecule has 11 heteroatoms. The molecule has 0 aliphatic rings. The third-order valence-electron chi connectivity index (χ3n) is 1.99. The number of carbonyl (C=O) groups excluding carboxylic acids is 1. The second-order valence-electron chi connectivity index (χ2n) is 3.37. The van der Waals surface area contributed by atoms with Crippen LogP contribution < -0.4 is 0 Å². The van der Waals surface area contributed by atoms with Gasteiger partial charge in [-0.25, -0.2) is 4.57 Å². The average Bonchev–Trinajstić information content (AvgIpc) is 2.30. The molecule has 108 valence electrons. The van der Waals surface area contributed by atoms with Crippen molar-refractivity contribution >= 4 is 13.6 Å². The van der Waals surface area contributed by atoms with E-state index in [2.05, 4.69) is 4.52 Å². The van der Waals surface area contributed by atoms with E-state index in [0.29, 0.717) is 0 Å². The van der Waals surface area contributed by atoms with Crippen molar-refractivity contribution in [2.24, 2.45) is 0 Å². The van der Waals surface area contributed by atoms with Crippen molar-refractivity contribution in [3.63, 3.8) is 0 Å². The zero-order chi connectivity index (χ0) is 14.5. The lowest BCUT2D eigenvalue weighted by atomic mass is 10.0. The highest BCUT2D eigenvalue weighted by Crippen LogP contribution is 2.38. The molecule has 0 saturated carbocycles. The van der Waals surface area contributed by atoms with Crippen molar-refractivity contribution < 1.29 is 49.2 Å². The van der Waals surface area contributed by atoms with Gasteiger partial charge in [-0.05, 0) is 0 Å². The first-order valence-corrected chi connectivity index (χ1v) is 6.19. The third kappa shape index (κ3) is 5.48. The maximum atomic E-state index is 10.8. The molecular formula is C7H15O10P. The highest BCUT2D eigenvalue weighted by molar-refractivity contribution is 7.46. The average molecular weight is 290 g/mol. The molecule has 7 N–H and O–H groups in total. The number of ketones is 1. The molecular weight excluding hydrogens is 275 g/mol. The highest BCUT2D eigenvalue weighted by atomic mass is 31.2. The number of aliphatic hydroxyl groups is 5. The van der Waals surface area contributed by atoms with Gasteiger partial charge in [-0.3, -0.25) is 9.32 Å². The number of aliphatic hydroxyl groups excluding tert-OH is 5. The van der Waals surface area contributed by atoms with Gasteiger partial charge in [-0.15, -0.1) is 0 Å². The van der Waals surface area contributed by atoms with Crippen LogP contribution in [0.5, 0.6) is 0 Å². The molecule has 0 rings (SSSR count). The molecule has 0 heterocycles. The normalized spacial score (nSPS) is 19.1. The quantitative estimate of drug-likeness (QED) is 0.218. The predicted molar refractivity (Wildman–Crippen MR) is 54.1 cm³/mol. The van der Waals surface area contributed by atoms with Crippen LogP contribution in [-0.2, 0) is 13.9 Å². The van der Waals surface area contributed by atoms with Gasteiger partial charge in [0.15, 0.2) is 5.78 Å². The predicted octanol–water partition coefficient (Wildman–Crippen LogP) is -3.90. The van der Waals surface area contributed by atoms with Crippen molar-refractivity contribution in [1.82, 2.24) is 0 Å². The fraction of sp³-hybridized carbons (Fsp3) is 0.857. The summed E-state index contributed by atoms with van der Waals surface area (Å²) in [7, 11) is -5.04. The summed E-state index contributed by atoms with van der Waals surface area (Å²) in [4.78, 5) is 27.7. The lowest BCUT2D eigenvalue weighted by molar-refractivity contribution is -0.148. The van der Waals surface area contributed by atoms with Crippen LogP contribution in [0.25, 0.3) is 0 Å². The molecule has 10 nitrogen and oxygen atoms in total. The maximum absolute atomic E-state index is 10.8. The Hall–Kier alpha value is -0.420. The van der Waals surface area contributed by atoms with Gasteiger partial charge in [0.05, 0.1) is 6.61 Å². The lowest BCUT2D eigenvalue weighted by Crippen LogP contribution is -2.49. The maximum Gasteiger partial charge on any atom is 0.470 e. The Balaban J connectivity index is 4.73. The Morgan fingerprint density at radius 1 is 1.11 bits per heavy atom. The van der Waals surface area contributed by atoms with Crippen LogP contribution in [0, 0.1) is 0 Å². The fourth-order valence-corrected chi connectivity index (χ4v) is 1.61. The number of Topliss-reactive ketones (excluding diaryl/α,β-unsaturated/α-hetero) is 1. The molecule has 0 radical (unpaired) electrons. The summed E-state index contributed by atoms with van der Waals surface area (Å²) in [5, 5.41) is 45.0. The SMILES string of the molecule is O=C(CO)[C@@H](O)[C@H](O)[C@H](O)[C@@H](CO)OP(=O)(O)O. The first-order valence-electron chi connectivity index (χ1n) is 4.66. The van der Waals surface area contributed by atoms with Crippen LogP contribution >= 0.6 is 7.82 Å². The summed E-state index contributed by atoms with van der Waals surface area (Å²) in [6, 6.07) is 0. The highest BCUT2D eigenvalue weighted by Gasteiger charge is 2.37. The van der Waals surface area contributed by atoms with Gasteiger partial charge in [-0.1, -0.05) is 0 Å². The van der Waals surface area contributed by atoms with E-state index >= 15 is 0 Å². The molecule has 0 bridgehead atoms. The van der Waals surface area contributed by atoms with E-state index in [9.17, 15) is 19.6 Å². The van der Waals surface area contributed by atoms with Crippen LogP contribution in [0.1, 0.15) is 0 Å². The Bertz CT molecular complexity index is 313. The number of rotatable bonds is 8. The fourth-order valence-electron chi connectivity index (χ4n) is 1.07. The van der Waals surface area contributed by atoms with Gasteiger partial charge in [-0.2, -0.15) is 0 Å². The summed E-state index contributed by atoms with van der Waals surface area (Å²) in [5.74, 6) is -1.21. The van der Waals surface area contributed by atoms with E-state index in [0.717, 1.165) is 0 Å². The number of phosphoric ester groups is 1. The molecule has 0 fully saturated rings. The van der Waals surface area contributed by atoms with Crippen LogP contribution in [0.4, 0.5) is 0 Å². The van der Waals surface area contributed by atoms with E-state index in [1.807, 2.05) is 0 Å². The zero-order valence-corrected chi connectivity index (χ0v) is 9.92. The minimum Gasteiger partial charge on any atom is -0.394 e. The molecule has 0 amide bonds. The Morgan fingerprint density at radius 3 is 1.94 bits per heavy atom. The van der Waals surface area contributed by atoms with E-state index < -0.39 is 51.2 Å². The molecule has 0 aliphatic heterocycles. The van der Waals surface area contributed by atoms with Crippen molar-refractivity contribution in [1.29, 1.82) is 0 Å². The second kappa shape index (κ2) is 7.24. The van der Waals surface area contributed by atoms with Gasteiger partial charge in [0.25, 0.3) is 0 Å². The van der Waals surface area contributed by atoms with Crippen LogP contribution in [0.15, 0.2) is 0 Å². The minimum absolute atomic E-state index is 1.08. The first kappa shape index (κ1) is 17.6.